The van der Waals surface area contributed by atoms with Gasteiger partial charge in [-0.05, 0) is 67.4 Å². The topological polar surface area (TPSA) is 102 Å². The zero-order valence-electron chi connectivity index (χ0n) is 21.7. The minimum atomic E-state index is -0.721. The Morgan fingerprint density at radius 2 is 1.92 bits per heavy atom. The summed E-state index contributed by atoms with van der Waals surface area (Å²) in [6.45, 7) is 4.00. The molecule has 2 heterocycles. The Morgan fingerprint density at radius 1 is 1.13 bits per heavy atom. The summed E-state index contributed by atoms with van der Waals surface area (Å²) >= 11 is 1.24. The van der Waals surface area contributed by atoms with Gasteiger partial charge in [0.25, 0.3) is 11.5 Å². The third kappa shape index (κ3) is 5.21. The van der Waals surface area contributed by atoms with Crippen molar-refractivity contribution >= 4 is 29.0 Å². The number of carbonyl (C=O) groups is 1. The van der Waals surface area contributed by atoms with Crippen LogP contribution in [0.15, 0.2) is 93.9 Å². The van der Waals surface area contributed by atoms with Crippen LogP contribution in [0.5, 0.6) is 17.2 Å². The van der Waals surface area contributed by atoms with Gasteiger partial charge in [0.2, 0.25) is 0 Å². The van der Waals surface area contributed by atoms with Crippen LogP contribution in [-0.4, -0.2) is 29.3 Å². The maximum absolute atomic E-state index is 13.9. The van der Waals surface area contributed by atoms with Gasteiger partial charge in [-0.3, -0.25) is 14.2 Å². The summed E-state index contributed by atoms with van der Waals surface area (Å²) in [5.41, 5.74) is 2.66. The maximum atomic E-state index is 13.9. The van der Waals surface area contributed by atoms with E-state index in [0.29, 0.717) is 50.0 Å². The van der Waals surface area contributed by atoms with Crippen LogP contribution in [0.25, 0.3) is 6.08 Å². The number of amides is 1. The predicted molar refractivity (Wildman–Crippen MR) is 151 cm³/mol. The van der Waals surface area contributed by atoms with Crippen molar-refractivity contribution in [3.63, 3.8) is 0 Å². The minimum Gasteiger partial charge on any atom is -0.504 e. The highest BCUT2D eigenvalue weighted by atomic mass is 32.1. The Balaban J connectivity index is 1.67. The first kappa shape index (κ1) is 26.0. The molecule has 0 saturated carbocycles. The van der Waals surface area contributed by atoms with Gasteiger partial charge in [0, 0.05) is 5.69 Å². The normalized spacial score (nSPS) is 14.9. The van der Waals surface area contributed by atoms with Crippen LogP contribution in [0.3, 0.4) is 0 Å². The lowest BCUT2D eigenvalue weighted by Crippen LogP contribution is -2.40. The number of methoxy groups -OCH3 is 1. The van der Waals surface area contributed by atoms with Gasteiger partial charge in [0.15, 0.2) is 16.3 Å². The molecule has 8 nitrogen and oxygen atoms in total. The highest BCUT2D eigenvalue weighted by molar-refractivity contribution is 7.07. The summed E-state index contributed by atoms with van der Waals surface area (Å²) in [6, 6.07) is 20.7. The van der Waals surface area contributed by atoms with Gasteiger partial charge in [-0.25, -0.2) is 4.99 Å². The number of fused-ring (bicyclic) bond motifs is 1. The monoisotopic (exact) mass is 541 g/mol. The van der Waals surface area contributed by atoms with Gasteiger partial charge in [0.05, 0.1) is 35.6 Å². The van der Waals surface area contributed by atoms with Crippen LogP contribution >= 0.6 is 11.3 Å². The van der Waals surface area contributed by atoms with Crippen molar-refractivity contribution in [3.8, 4) is 17.2 Å². The van der Waals surface area contributed by atoms with Gasteiger partial charge in [-0.2, -0.15) is 0 Å². The molecule has 3 aromatic carbocycles. The number of allylic oxidation sites excluding steroid dienone is 1. The molecule has 9 heteroatoms. The van der Waals surface area contributed by atoms with Gasteiger partial charge in [-0.15, -0.1) is 0 Å². The highest BCUT2D eigenvalue weighted by Crippen LogP contribution is 2.32. The van der Waals surface area contributed by atoms with E-state index in [2.05, 4.69) is 10.3 Å². The molecular weight excluding hydrogens is 514 g/mol. The van der Waals surface area contributed by atoms with Crippen LogP contribution in [0, 0.1) is 0 Å². The van der Waals surface area contributed by atoms with E-state index in [1.54, 1.807) is 48.9 Å². The summed E-state index contributed by atoms with van der Waals surface area (Å²) in [5.74, 6) is 0.631. The Morgan fingerprint density at radius 3 is 2.67 bits per heavy atom. The fraction of sp³-hybridized carbons (Fsp3) is 0.167. The number of para-hydroxylation sites is 1. The summed E-state index contributed by atoms with van der Waals surface area (Å²) in [6.07, 6.45) is 1.73. The largest absolute Gasteiger partial charge is 0.504 e. The van der Waals surface area contributed by atoms with Crippen LogP contribution in [0.2, 0.25) is 0 Å². The number of aromatic nitrogens is 1. The summed E-state index contributed by atoms with van der Waals surface area (Å²) in [7, 11) is 1.57. The van der Waals surface area contributed by atoms with Crippen molar-refractivity contribution in [3.05, 3.63) is 115 Å². The van der Waals surface area contributed by atoms with E-state index in [4.69, 9.17) is 9.47 Å². The summed E-state index contributed by atoms with van der Waals surface area (Å²) < 4.78 is 12.9. The first-order valence-electron chi connectivity index (χ1n) is 12.4. The molecule has 39 heavy (non-hydrogen) atoms. The molecule has 0 saturated heterocycles. The molecule has 1 aliphatic rings. The van der Waals surface area contributed by atoms with Crippen LogP contribution < -0.4 is 29.7 Å². The van der Waals surface area contributed by atoms with Crippen molar-refractivity contribution in [2.75, 3.05) is 19.0 Å². The Hall–Kier alpha value is -4.63. The standard InChI is InChI=1S/C30H27N3O5S/c1-4-38-24-15-19(13-14-23(24)34)16-25-29(36)33-27(20-9-8-12-22(17-20)37-3)26(18(2)31-30(33)39-25)28(35)32-21-10-6-5-7-11-21/h5-17,27,34H,4H2,1-3H3,(H,32,35)/t27-/m1/s1. The van der Waals surface area contributed by atoms with Crippen molar-refractivity contribution in [1.82, 2.24) is 4.57 Å². The number of benzene rings is 3. The fourth-order valence-corrected chi connectivity index (χ4v) is 5.55. The molecule has 0 aliphatic carbocycles. The van der Waals surface area contributed by atoms with Crippen molar-refractivity contribution in [2.45, 2.75) is 19.9 Å². The van der Waals surface area contributed by atoms with E-state index >= 15 is 0 Å². The molecular formula is C30H27N3O5S. The van der Waals surface area contributed by atoms with E-state index in [1.165, 1.54) is 17.4 Å². The molecule has 198 valence electrons. The Labute approximate surface area is 228 Å². The molecule has 0 fully saturated rings. The number of phenolic OH excluding ortho intramolecular Hbond substituents is 1. The molecule has 0 spiro atoms. The average Bonchev–Trinajstić information content (AvgIpc) is 3.24. The van der Waals surface area contributed by atoms with Gasteiger partial charge in [0.1, 0.15) is 5.75 Å². The number of ether oxygens (including phenoxy) is 2. The number of thiazole rings is 1. The molecule has 0 bridgehead atoms. The maximum Gasteiger partial charge on any atom is 0.271 e. The molecule has 1 atom stereocenters. The molecule has 0 unspecified atom stereocenters. The van der Waals surface area contributed by atoms with Crippen LogP contribution in [0.4, 0.5) is 5.69 Å². The SMILES string of the molecule is CCOc1cc(C=c2sc3n(c2=O)[C@H](c2cccc(OC)c2)C(C(=O)Nc2ccccc2)=C(C)N=3)ccc1O. The zero-order chi connectivity index (χ0) is 27.5. The molecule has 4 aromatic rings. The fourth-order valence-electron chi connectivity index (χ4n) is 4.50. The van der Waals surface area contributed by atoms with Crippen molar-refractivity contribution < 1.29 is 19.4 Å². The molecule has 1 amide bonds. The van der Waals surface area contributed by atoms with Gasteiger partial charge in [-0.1, -0.05) is 47.7 Å². The molecule has 5 rings (SSSR count). The lowest BCUT2D eigenvalue weighted by atomic mass is 9.95. The molecule has 2 N–H and O–H groups in total. The first-order valence-corrected chi connectivity index (χ1v) is 13.2. The molecule has 1 aromatic heterocycles. The summed E-state index contributed by atoms with van der Waals surface area (Å²) in [4.78, 5) is 32.7. The predicted octanol–water partition coefficient (Wildman–Crippen LogP) is 3.99. The van der Waals surface area contributed by atoms with E-state index in [1.807, 2.05) is 49.4 Å². The smallest absolute Gasteiger partial charge is 0.271 e. The van der Waals surface area contributed by atoms with E-state index in [-0.39, 0.29) is 17.2 Å². The van der Waals surface area contributed by atoms with Crippen LogP contribution in [0.1, 0.15) is 31.0 Å². The van der Waals surface area contributed by atoms with Gasteiger partial charge >= 0.3 is 0 Å². The third-order valence-electron chi connectivity index (χ3n) is 6.29. The highest BCUT2D eigenvalue weighted by Gasteiger charge is 2.32. The van der Waals surface area contributed by atoms with E-state index in [9.17, 15) is 14.7 Å². The number of nitrogens with one attached hydrogen (secondary N) is 1. The van der Waals surface area contributed by atoms with Crippen LogP contribution in [-0.2, 0) is 4.79 Å². The van der Waals surface area contributed by atoms with Gasteiger partial charge < -0.3 is 19.9 Å². The quantitative estimate of drug-likeness (QED) is 0.369. The number of anilines is 1. The van der Waals surface area contributed by atoms with E-state index < -0.39 is 6.04 Å². The second kappa shape index (κ2) is 11.0. The molecule has 0 radical (unpaired) electrons. The number of nitrogens with zero attached hydrogens (tertiary/aromatic N) is 2. The second-order valence-electron chi connectivity index (χ2n) is 8.84. The second-order valence-corrected chi connectivity index (χ2v) is 9.85. The number of phenols is 1. The Bertz CT molecular complexity index is 1760. The number of hydrogen-bond donors (Lipinski definition) is 2. The number of aromatic hydroxyl groups is 1. The van der Waals surface area contributed by atoms with Crippen molar-refractivity contribution in [2.24, 2.45) is 4.99 Å². The Kier molecular flexibility index (Phi) is 7.33. The summed E-state index contributed by atoms with van der Waals surface area (Å²) in [5, 5.41) is 13.0. The third-order valence-corrected chi connectivity index (χ3v) is 7.27. The lowest BCUT2D eigenvalue weighted by Gasteiger charge is -2.25. The lowest BCUT2D eigenvalue weighted by molar-refractivity contribution is -0.113. The first-order chi connectivity index (χ1) is 18.9. The zero-order valence-corrected chi connectivity index (χ0v) is 22.5. The number of hydrogen-bond acceptors (Lipinski definition) is 7. The molecule has 1 aliphatic heterocycles. The number of rotatable bonds is 7. The number of carbonyl (C=O) groups excluding carboxylic acids is 1. The minimum absolute atomic E-state index is 0.0261. The van der Waals surface area contributed by atoms with E-state index in [0.717, 1.165) is 5.56 Å². The van der Waals surface area contributed by atoms with Crippen molar-refractivity contribution in [1.29, 1.82) is 0 Å². The average molecular weight is 542 g/mol.